The van der Waals surface area contributed by atoms with Gasteiger partial charge in [0.05, 0.1) is 13.2 Å². The number of rotatable bonds is 7. The summed E-state index contributed by atoms with van der Waals surface area (Å²) in [5.74, 6) is -0.0921. The van der Waals surface area contributed by atoms with Crippen molar-refractivity contribution in [2.75, 3.05) is 19.7 Å². The molecule has 0 bridgehead atoms. The number of carbonyl (C=O) groups excluding carboxylic acids is 1. The minimum atomic E-state index is -0.0921. The van der Waals surface area contributed by atoms with Crippen LogP contribution >= 0.6 is 11.3 Å². The molecule has 0 radical (unpaired) electrons. The molecule has 1 aliphatic carbocycles. The van der Waals surface area contributed by atoms with E-state index in [0.29, 0.717) is 19.2 Å². The maximum Gasteiger partial charge on any atom is 0.320 e. The van der Waals surface area contributed by atoms with Crippen LogP contribution in [0.3, 0.4) is 0 Å². The molecular formula is C13H19NO2S. The molecule has 4 heteroatoms. The van der Waals surface area contributed by atoms with Crippen molar-refractivity contribution in [3.8, 4) is 0 Å². The van der Waals surface area contributed by atoms with Crippen LogP contribution in [0.25, 0.3) is 0 Å². The molecular weight excluding hydrogens is 234 g/mol. The number of hydrogen-bond donors (Lipinski definition) is 0. The van der Waals surface area contributed by atoms with E-state index in [9.17, 15) is 4.79 Å². The van der Waals surface area contributed by atoms with Crippen LogP contribution in [-0.2, 0) is 16.0 Å². The molecule has 1 aliphatic rings. The predicted octanol–water partition coefficient (Wildman–Crippen LogP) is 2.32. The first kappa shape index (κ1) is 12.6. The average Bonchev–Trinajstić information content (AvgIpc) is 3.02. The van der Waals surface area contributed by atoms with E-state index in [0.717, 1.165) is 13.0 Å². The van der Waals surface area contributed by atoms with Crippen molar-refractivity contribution in [3.63, 3.8) is 0 Å². The van der Waals surface area contributed by atoms with Crippen molar-refractivity contribution < 1.29 is 9.53 Å². The van der Waals surface area contributed by atoms with E-state index in [1.54, 1.807) is 11.3 Å². The van der Waals surface area contributed by atoms with E-state index in [1.807, 2.05) is 6.92 Å². The highest BCUT2D eigenvalue weighted by molar-refractivity contribution is 7.09. The first-order valence-corrected chi connectivity index (χ1v) is 7.09. The van der Waals surface area contributed by atoms with Gasteiger partial charge in [-0.2, -0.15) is 0 Å². The van der Waals surface area contributed by atoms with Gasteiger partial charge in [0.1, 0.15) is 0 Å². The van der Waals surface area contributed by atoms with Crippen molar-refractivity contribution in [2.24, 2.45) is 0 Å². The number of esters is 1. The normalized spacial score (nSPS) is 15.2. The largest absolute Gasteiger partial charge is 0.465 e. The average molecular weight is 253 g/mol. The van der Waals surface area contributed by atoms with Crippen LogP contribution in [0.5, 0.6) is 0 Å². The van der Waals surface area contributed by atoms with Crippen LogP contribution in [0.15, 0.2) is 17.5 Å². The van der Waals surface area contributed by atoms with Gasteiger partial charge >= 0.3 is 5.97 Å². The number of hydrogen-bond acceptors (Lipinski definition) is 4. The summed E-state index contributed by atoms with van der Waals surface area (Å²) < 4.78 is 5.01. The van der Waals surface area contributed by atoms with Crippen molar-refractivity contribution in [1.29, 1.82) is 0 Å². The minimum absolute atomic E-state index is 0.0921. The van der Waals surface area contributed by atoms with Gasteiger partial charge in [-0.3, -0.25) is 9.69 Å². The summed E-state index contributed by atoms with van der Waals surface area (Å²) in [7, 11) is 0. The predicted molar refractivity (Wildman–Crippen MR) is 69.3 cm³/mol. The monoisotopic (exact) mass is 253 g/mol. The molecule has 3 nitrogen and oxygen atoms in total. The van der Waals surface area contributed by atoms with Crippen molar-refractivity contribution in [2.45, 2.75) is 32.2 Å². The standard InChI is InChI=1S/C13H19NO2S/c1-2-16-13(15)10-14(11-5-6-11)8-7-12-4-3-9-17-12/h3-4,9,11H,2,5-8,10H2,1H3. The molecule has 0 unspecified atom stereocenters. The van der Waals surface area contributed by atoms with Crippen molar-refractivity contribution in [3.05, 3.63) is 22.4 Å². The number of carbonyl (C=O) groups is 1. The molecule has 1 fully saturated rings. The van der Waals surface area contributed by atoms with Crippen LogP contribution in [0.1, 0.15) is 24.6 Å². The summed E-state index contributed by atoms with van der Waals surface area (Å²) in [6.45, 7) is 3.74. The molecule has 17 heavy (non-hydrogen) atoms. The zero-order valence-corrected chi connectivity index (χ0v) is 11.0. The molecule has 1 aromatic heterocycles. The SMILES string of the molecule is CCOC(=O)CN(CCc1cccs1)C1CC1. The molecule has 0 atom stereocenters. The lowest BCUT2D eigenvalue weighted by atomic mass is 10.3. The third kappa shape index (κ3) is 4.13. The first-order valence-electron chi connectivity index (χ1n) is 6.21. The zero-order valence-electron chi connectivity index (χ0n) is 10.2. The Kier molecular flexibility index (Phi) is 4.57. The van der Waals surface area contributed by atoms with Gasteiger partial charge in [0.2, 0.25) is 0 Å². The van der Waals surface area contributed by atoms with E-state index < -0.39 is 0 Å². The summed E-state index contributed by atoms with van der Waals surface area (Å²) in [6, 6.07) is 4.84. The third-order valence-electron chi connectivity index (χ3n) is 2.93. The highest BCUT2D eigenvalue weighted by atomic mass is 32.1. The Hall–Kier alpha value is -0.870. The smallest absolute Gasteiger partial charge is 0.320 e. The van der Waals surface area contributed by atoms with Crippen LogP contribution in [0, 0.1) is 0 Å². The quantitative estimate of drug-likeness (QED) is 0.698. The van der Waals surface area contributed by atoms with Gasteiger partial charge in [-0.25, -0.2) is 0 Å². The molecule has 0 saturated heterocycles. The topological polar surface area (TPSA) is 29.5 Å². The fourth-order valence-electron chi connectivity index (χ4n) is 1.91. The van der Waals surface area contributed by atoms with Crippen LogP contribution in [0.4, 0.5) is 0 Å². The second kappa shape index (κ2) is 6.17. The molecule has 94 valence electrons. The van der Waals surface area contributed by atoms with Crippen LogP contribution in [-0.4, -0.2) is 36.6 Å². The van der Waals surface area contributed by atoms with E-state index >= 15 is 0 Å². The Labute approximate surface area is 106 Å². The van der Waals surface area contributed by atoms with Crippen LogP contribution in [0.2, 0.25) is 0 Å². The fourth-order valence-corrected chi connectivity index (χ4v) is 2.61. The Balaban J connectivity index is 1.78. The summed E-state index contributed by atoms with van der Waals surface area (Å²) in [5, 5.41) is 2.10. The maximum atomic E-state index is 11.5. The highest BCUT2D eigenvalue weighted by Crippen LogP contribution is 2.27. The number of thiophene rings is 1. The maximum absolute atomic E-state index is 11.5. The first-order chi connectivity index (χ1) is 8.29. The van der Waals surface area contributed by atoms with E-state index in [-0.39, 0.29) is 5.97 Å². The van der Waals surface area contributed by atoms with E-state index in [1.165, 1.54) is 17.7 Å². The number of nitrogens with zero attached hydrogens (tertiary/aromatic N) is 1. The Bertz CT molecular complexity index is 346. The lowest BCUT2D eigenvalue weighted by Crippen LogP contribution is -2.34. The molecule has 1 saturated carbocycles. The lowest BCUT2D eigenvalue weighted by Gasteiger charge is -2.20. The molecule has 2 rings (SSSR count). The van der Waals surface area contributed by atoms with Gasteiger partial charge in [-0.05, 0) is 37.6 Å². The summed E-state index contributed by atoms with van der Waals surface area (Å²) in [4.78, 5) is 15.1. The molecule has 0 spiro atoms. The van der Waals surface area contributed by atoms with Gasteiger partial charge in [0.25, 0.3) is 0 Å². The molecule has 1 heterocycles. The molecule has 1 aromatic rings. The second-order valence-corrected chi connectivity index (χ2v) is 5.37. The van der Waals surface area contributed by atoms with Gasteiger partial charge in [-0.15, -0.1) is 11.3 Å². The minimum Gasteiger partial charge on any atom is -0.465 e. The van der Waals surface area contributed by atoms with Gasteiger partial charge in [0, 0.05) is 17.5 Å². The third-order valence-corrected chi connectivity index (χ3v) is 3.86. The highest BCUT2D eigenvalue weighted by Gasteiger charge is 2.30. The summed E-state index contributed by atoms with van der Waals surface area (Å²) in [6.07, 6.45) is 3.49. The zero-order chi connectivity index (χ0) is 12.1. The Morgan fingerprint density at radius 2 is 2.41 bits per heavy atom. The van der Waals surface area contributed by atoms with Crippen molar-refractivity contribution in [1.82, 2.24) is 4.90 Å². The number of ether oxygens (including phenoxy) is 1. The van der Waals surface area contributed by atoms with E-state index in [4.69, 9.17) is 4.74 Å². The molecule has 0 amide bonds. The van der Waals surface area contributed by atoms with Gasteiger partial charge in [0.15, 0.2) is 0 Å². The van der Waals surface area contributed by atoms with Gasteiger partial charge in [-0.1, -0.05) is 6.07 Å². The Morgan fingerprint density at radius 3 is 3.00 bits per heavy atom. The summed E-state index contributed by atoms with van der Waals surface area (Å²) >= 11 is 1.78. The molecule has 0 aliphatic heterocycles. The van der Waals surface area contributed by atoms with Gasteiger partial charge < -0.3 is 4.74 Å². The molecule has 0 aromatic carbocycles. The van der Waals surface area contributed by atoms with E-state index in [2.05, 4.69) is 22.4 Å². The molecule has 0 N–H and O–H groups in total. The lowest BCUT2D eigenvalue weighted by molar-refractivity contribution is -0.144. The fraction of sp³-hybridized carbons (Fsp3) is 0.615. The van der Waals surface area contributed by atoms with Crippen LogP contribution < -0.4 is 0 Å². The second-order valence-electron chi connectivity index (χ2n) is 4.34. The Morgan fingerprint density at radius 1 is 1.59 bits per heavy atom. The van der Waals surface area contributed by atoms with Crippen molar-refractivity contribution >= 4 is 17.3 Å². The summed E-state index contributed by atoms with van der Waals surface area (Å²) in [5.41, 5.74) is 0.